The van der Waals surface area contributed by atoms with Gasteiger partial charge in [-0.25, -0.2) is 0 Å². The highest BCUT2D eigenvalue weighted by atomic mass is 16.3. The summed E-state index contributed by atoms with van der Waals surface area (Å²) < 4.78 is 0.981. The first-order valence-electron chi connectivity index (χ1n) is 7.14. The molecule has 19 heavy (non-hydrogen) atoms. The number of rotatable bonds is 3. The summed E-state index contributed by atoms with van der Waals surface area (Å²) in [5.41, 5.74) is 1.38. The fourth-order valence-electron chi connectivity index (χ4n) is 3.43. The Bertz CT molecular complexity index is 580. The molecule has 1 N–H and O–H groups in total. The van der Waals surface area contributed by atoms with Crippen LogP contribution in [0.5, 0.6) is 0 Å². The molecule has 2 aromatic rings. The molecule has 0 saturated carbocycles. The molecule has 1 fully saturated rings. The van der Waals surface area contributed by atoms with Crippen molar-refractivity contribution in [2.24, 2.45) is 0 Å². The SMILES string of the molecule is C[N@+]1(Cc2ccc3ccccc3c2)CCC[C@H]1CO. The van der Waals surface area contributed by atoms with Gasteiger partial charge in [0.05, 0.1) is 20.2 Å². The maximum Gasteiger partial charge on any atom is 0.113 e. The number of likely N-dealkylation sites (N-methyl/N-ethyl adjacent to an activating group) is 1. The van der Waals surface area contributed by atoms with Crippen molar-refractivity contribution in [1.82, 2.24) is 0 Å². The molecule has 0 bridgehead atoms. The van der Waals surface area contributed by atoms with Crippen LogP contribution >= 0.6 is 0 Å². The smallest absolute Gasteiger partial charge is 0.113 e. The van der Waals surface area contributed by atoms with Crippen molar-refractivity contribution < 1.29 is 9.59 Å². The lowest BCUT2D eigenvalue weighted by molar-refractivity contribution is -0.934. The molecule has 1 aliphatic heterocycles. The van der Waals surface area contributed by atoms with Crippen LogP contribution in [-0.4, -0.2) is 35.8 Å². The van der Waals surface area contributed by atoms with Gasteiger partial charge in [-0.1, -0.05) is 36.4 Å². The second-order valence-corrected chi connectivity index (χ2v) is 6.02. The average Bonchev–Trinajstić information content (AvgIpc) is 2.79. The molecule has 1 saturated heterocycles. The Kier molecular flexibility index (Phi) is 3.29. The largest absolute Gasteiger partial charge is 0.390 e. The Labute approximate surface area is 114 Å². The maximum absolute atomic E-state index is 9.54. The minimum Gasteiger partial charge on any atom is -0.390 e. The highest BCUT2D eigenvalue weighted by Crippen LogP contribution is 2.28. The van der Waals surface area contributed by atoms with Crippen LogP contribution in [0.3, 0.4) is 0 Å². The molecule has 0 radical (unpaired) electrons. The third-order valence-electron chi connectivity index (χ3n) is 4.66. The van der Waals surface area contributed by atoms with E-state index in [9.17, 15) is 5.11 Å². The summed E-state index contributed by atoms with van der Waals surface area (Å²) >= 11 is 0. The van der Waals surface area contributed by atoms with Gasteiger partial charge < -0.3 is 9.59 Å². The summed E-state index contributed by atoms with van der Waals surface area (Å²) in [5, 5.41) is 12.1. The molecule has 2 heteroatoms. The molecule has 0 aromatic heterocycles. The van der Waals surface area contributed by atoms with Crippen molar-refractivity contribution >= 4 is 10.8 Å². The fraction of sp³-hybridized carbons (Fsp3) is 0.412. The van der Waals surface area contributed by atoms with Crippen molar-refractivity contribution in [3.63, 3.8) is 0 Å². The van der Waals surface area contributed by atoms with E-state index in [1.807, 2.05) is 0 Å². The normalized spacial score (nSPS) is 26.9. The van der Waals surface area contributed by atoms with E-state index in [1.54, 1.807) is 0 Å². The zero-order valence-electron chi connectivity index (χ0n) is 11.5. The lowest BCUT2D eigenvalue weighted by atomic mass is 10.1. The number of nitrogens with zero attached hydrogens (tertiary/aromatic N) is 1. The first-order valence-corrected chi connectivity index (χ1v) is 7.14. The van der Waals surface area contributed by atoms with Crippen molar-refractivity contribution in [3.8, 4) is 0 Å². The van der Waals surface area contributed by atoms with Crippen LogP contribution in [0.2, 0.25) is 0 Å². The Hall–Kier alpha value is -1.38. The number of fused-ring (bicyclic) bond motifs is 1. The van der Waals surface area contributed by atoms with Gasteiger partial charge in [0.1, 0.15) is 12.6 Å². The molecule has 0 spiro atoms. The number of hydrogen-bond donors (Lipinski definition) is 1. The van der Waals surface area contributed by atoms with E-state index in [-0.39, 0.29) is 0 Å². The summed E-state index contributed by atoms with van der Waals surface area (Å²) in [6.07, 6.45) is 2.38. The molecule has 0 aliphatic carbocycles. The number of quaternary nitrogens is 1. The zero-order valence-corrected chi connectivity index (χ0v) is 11.5. The Morgan fingerprint density at radius 3 is 2.74 bits per heavy atom. The van der Waals surface area contributed by atoms with Crippen LogP contribution in [0.4, 0.5) is 0 Å². The summed E-state index contributed by atoms with van der Waals surface area (Å²) in [4.78, 5) is 0. The Morgan fingerprint density at radius 2 is 1.95 bits per heavy atom. The van der Waals surface area contributed by atoms with E-state index in [1.165, 1.54) is 29.3 Å². The van der Waals surface area contributed by atoms with E-state index in [0.717, 1.165) is 17.4 Å². The fourth-order valence-corrected chi connectivity index (χ4v) is 3.43. The average molecular weight is 256 g/mol. The van der Waals surface area contributed by atoms with Crippen molar-refractivity contribution in [2.45, 2.75) is 25.4 Å². The van der Waals surface area contributed by atoms with E-state index >= 15 is 0 Å². The minimum atomic E-state index is 0.310. The quantitative estimate of drug-likeness (QED) is 0.837. The van der Waals surface area contributed by atoms with E-state index in [0.29, 0.717) is 12.6 Å². The molecule has 0 amide bonds. The standard InChI is InChI=1S/C17H22NO/c1-18(10-4-7-17(18)13-19)12-14-8-9-15-5-2-3-6-16(15)11-14/h2-3,5-6,8-9,11,17,19H,4,7,10,12-13H2,1H3/q+1/t17-,18+/m0/s1. The van der Waals surface area contributed by atoms with E-state index < -0.39 is 0 Å². The van der Waals surface area contributed by atoms with Gasteiger partial charge in [0.2, 0.25) is 0 Å². The maximum atomic E-state index is 9.54. The van der Waals surface area contributed by atoms with Gasteiger partial charge in [0.25, 0.3) is 0 Å². The van der Waals surface area contributed by atoms with Gasteiger partial charge in [0, 0.05) is 18.4 Å². The van der Waals surface area contributed by atoms with Crippen molar-refractivity contribution in [1.29, 1.82) is 0 Å². The van der Waals surface area contributed by atoms with Crippen LogP contribution in [-0.2, 0) is 6.54 Å². The van der Waals surface area contributed by atoms with Crippen LogP contribution in [0.25, 0.3) is 10.8 Å². The van der Waals surface area contributed by atoms with Crippen LogP contribution < -0.4 is 0 Å². The zero-order chi connectivity index (χ0) is 13.3. The second-order valence-electron chi connectivity index (χ2n) is 6.02. The minimum absolute atomic E-state index is 0.310. The second kappa shape index (κ2) is 4.95. The molecule has 2 aromatic carbocycles. The Balaban J connectivity index is 1.88. The van der Waals surface area contributed by atoms with Crippen molar-refractivity contribution in [2.75, 3.05) is 20.2 Å². The summed E-state index contributed by atoms with van der Waals surface area (Å²) in [6.45, 7) is 2.51. The first kappa shape index (κ1) is 12.6. The number of hydrogen-bond acceptors (Lipinski definition) is 1. The summed E-state index contributed by atoms with van der Waals surface area (Å²) in [5.74, 6) is 0. The molecule has 2 nitrogen and oxygen atoms in total. The predicted octanol–water partition coefficient (Wildman–Crippen LogP) is 2.94. The van der Waals surface area contributed by atoms with Gasteiger partial charge in [-0.15, -0.1) is 0 Å². The molecular formula is C17H22NO+. The summed E-state index contributed by atoms with van der Waals surface area (Å²) in [7, 11) is 2.28. The summed E-state index contributed by atoms with van der Waals surface area (Å²) in [6, 6.07) is 15.7. The van der Waals surface area contributed by atoms with Gasteiger partial charge in [-0.3, -0.25) is 0 Å². The van der Waals surface area contributed by atoms with Gasteiger partial charge in [0.15, 0.2) is 0 Å². The predicted molar refractivity (Wildman–Crippen MR) is 78.8 cm³/mol. The number of aliphatic hydroxyl groups is 1. The molecule has 0 unspecified atom stereocenters. The highest BCUT2D eigenvalue weighted by Gasteiger charge is 2.37. The van der Waals surface area contributed by atoms with E-state index in [4.69, 9.17) is 0 Å². The van der Waals surface area contributed by atoms with Crippen LogP contribution in [0.1, 0.15) is 18.4 Å². The third kappa shape index (κ3) is 2.38. The van der Waals surface area contributed by atoms with Crippen LogP contribution in [0, 0.1) is 0 Å². The van der Waals surface area contributed by atoms with Crippen LogP contribution in [0.15, 0.2) is 42.5 Å². The highest BCUT2D eigenvalue weighted by molar-refractivity contribution is 5.82. The molecule has 100 valence electrons. The first-order chi connectivity index (χ1) is 9.21. The molecule has 3 rings (SSSR count). The third-order valence-corrected chi connectivity index (χ3v) is 4.66. The van der Waals surface area contributed by atoms with Gasteiger partial charge in [-0.05, 0) is 16.8 Å². The molecule has 2 atom stereocenters. The Morgan fingerprint density at radius 1 is 1.16 bits per heavy atom. The lowest BCUT2D eigenvalue weighted by Gasteiger charge is -2.35. The van der Waals surface area contributed by atoms with Crippen molar-refractivity contribution in [3.05, 3.63) is 48.0 Å². The lowest BCUT2D eigenvalue weighted by Crippen LogP contribution is -2.48. The molecule has 1 heterocycles. The molecular weight excluding hydrogens is 234 g/mol. The van der Waals surface area contributed by atoms with Gasteiger partial charge >= 0.3 is 0 Å². The number of aliphatic hydroxyl groups excluding tert-OH is 1. The van der Waals surface area contributed by atoms with E-state index in [2.05, 4.69) is 49.5 Å². The number of likely N-dealkylation sites (tertiary alicyclic amines) is 1. The van der Waals surface area contributed by atoms with Gasteiger partial charge in [-0.2, -0.15) is 0 Å². The number of benzene rings is 2. The molecule has 1 aliphatic rings. The topological polar surface area (TPSA) is 20.2 Å². The monoisotopic (exact) mass is 256 g/mol.